The summed E-state index contributed by atoms with van der Waals surface area (Å²) in [6.07, 6.45) is 1.81. The summed E-state index contributed by atoms with van der Waals surface area (Å²) < 4.78 is 12.6. The van der Waals surface area contributed by atoms with Gasteiger partial charge in [0.15, 0.2) is 0 Å². The maximum atomic E-state index is 13.3. The Bertz CT molecular complexity index is 1120. The molecule has 170 valence electrons. The number of aromatic nitrogens is 1. The van der Waals surface area contributed by atoms with Crippen LogP contribution in [0.3, 0.4) is 0 Å². The van der Waals surface area contributed by atoms with Crippen molar-refractivity contribution in [2.24, 2.45) is 0 Å². The number of esters is 1. The summed E-state index contributed by atoms with van der Waals surface area (Å²) in [7, 11) is 1.59. The third kappa shape index (κ3) is 4.28. The fourth-order valence-electron chi connectivity index (χ4n) is 4.30. The van der Waals surface area contributed by atoms with Gasteiger partial charge in [-0.25, -0.2) is 4.79 Å². The summed E-state index contributed by atoms with van der Waals surface area (Å²) in [4.78, 5) is 27.6. The molecule has 32 heavy (non-hydrogen) atoms. The maximum absolute atomic E-state index is 13.3. The number of methoxy groups -OCH3 is 1. The van der Waals surface area contributed by atoms with Gasteiger partial charge in [0, 0.05) is 36.4 Å². The number of carbonyl (C=O) groups is 2. The second-order valence-corrected chi connectivity index (χ2v) is 8.14. The standard InChI is InChI=1S/C26H32N2O4/c1-8-32-26(30)24-20(6)27(11-12-31-7)25(29)22(24)15-21-14-18(4)28(19(21)5)23-10-9-16(2)13-17(23)3/h9-10,13-15H,8,11-12H2,1-7H3. The molecule has 0 saturated carbocycles. The van der Waals surface area contributed by atoms with Gasteiger partial charge in [0.25, 0.3) is 5.91 Å². The minimum Gasteiger partial charge on any atom is -0.462 e. The van der Waals surface area contributed by atoms with Crippen molar-refractivity contribution in [3.63, 3.8) is 0 Å². The van der Waals surface area contributed by atoms with Gasteiger partial charge in [-0.2, -0.15) is 0 Å². The molecule has 6 nitrogen and oxygen atoms in total. The zero-order valence-electron chi connectivity index (χ0n) is 20.0. The Hall–Kier alpha value is -3.12. The zero-order chi connectivity index (χ0) is 23.6. The van der Waals surface area contributed by atoms with Gasteiger partial charge in [-0.15, -0.1) is 0 Å². The van der Waals surface area contributed by atoms with Gasteiger partial charge in [0.05, 0.1) is 24.4 Å². The highest BCUT2D eigenvalue weighted by Crippen LogP contribution is 2.33. The second kappa shape index (κ2) is 9.57. The SMILES string of the molecule is CCOC(=O)C1=C(C)N(CCOC)C(=O)C1=Cc1cc(C)n(-c2ccc(C)cc2C)c1C. The van der Waals surface area contributed by atoms with Gasteiger partial charge in [-0.1, -0.05) is 17.7 Å². The van der Waals surface area contributed by atoms with Crippen molar-refractivity contribution in [2.75, 3.05) is 26.9 Å². The number of ether oxygens (including phenoxy) is 2. The van der Waals surface area contributed by atoms with E-state index in [4.69, 9.17) is 9.47 Å². The lowest BCUT2D eigenvalue weighted by Gasteiger charge is -2.16. The summed E-state index contributed by atoms with van der Waals surface area (Å²) in [6.45, 7) is 12.8. The Balaban J connectivity index is 2.11. The smallest absolute Gasteiger partial charge is 0.340 e. The molecule has 1 aliphatic rings. The third-order valence-electron chi connectivity index (χ3n) is 5.87. The quantitative estimate of drug-likeness (QED) is 0.476. The molecule has 0 atom stereocenters. The van der Waals surface area contributed by atoms with Crippen LogP contribution in [0.5, 0.6) is 0 Å². The zero-order valence-corrected chi connectivity index (χ0v) is 20.0. The molecule has 6 heteroatoms. The molecule has 0 aliphatic carbocycles. The lowest BCUT2D eigenvalue weighted by atomic mass is 10.0. The Morgan fingerprint density at radius 1 is 1.09 bits per heavy atom. The van der Waals surface area contributed by atoms with Crippen molar-refractivity contribution in [3.8, 4) is 5.69 Å². The van der Waals surface area contributed by atoms with Crippen LogP contribution in [0.2, 0.25) is 0 Å². The molecule has 1 amide bonds. The summed E-state index contributed by atoms with van der Waals surface area (Å²) in [6, 6.07) is 8.41. The lowest BCUT2D eigenvalue weighted by Crippen LogP contribution is -2.28. The molecule has 0 fully saturated rings. The van der Waals surface area contributed by atoms with E-state index >= 15 is 0 Å². The number of hydrogen-bond donors (Lipinski definition) is 0. The van der Waals surface area contributed by atoms with Crippen molar-refractivity contribution < 1.29 is 19.1 Å². The van der Waals surface area contributed by atoms with Crippen LogP contribution in [0.15, 0.2) is 41.1 Å². The van der Waals surface area contributed by atoms with Crippen LogP contribution in [-0.2, 0) is 19.1 Å². The number of rotatable bonds is 7. The van der Waals surface area contributed by atoms with E-state index < -0.39 is 5.97 Å². The molecular formula is C26H32N2O4. The van der Waals surface area contributed by atoms with Crippen LogP contribution in [-0.4, -0.2) is 48.2 Å². The average molecular weight is 437 g/mol. The van der Waals surface area contributed by atoms with E-state index in [1.54, 1.807) is 25.9 Å². The molecule has 0 unspecified atom stereocenters. The van der Waals surface area contributed by atoms with E-state index in [1.807, 2.05) is 26.0 Å². The van der Waals surface area contributed by atoms with Crippen LogP contribution in [0.4, 0.5) is 0 Å². The van der Waals surface area contributed by atoms with Crippen LogP contribution in [0.1, 0.15) is 41.9 Å². The molecular weight excluding hydrogens is 404 g/mol. The van der Waals surface area contributed by atoms with Crippen molar-refractivity contribution in [3.05, 3.63) is 69.2 Å². The first-order valence-electron chi connectivity index (χ1n) is 10.9. The van der Waals surface area contributed by atoms with E-state index in [-0.39, 0.29) is 12.5 Å². The van der Waals surface area contributed by atoms with E-state index in [0.717, 1.165) is 22.6 Å². The molecule has 1 aromatic carbocycles. The number of hydrogen-bond acceptors (Lipinski definition) is 4. The van der Waals surface area contributed by atoms with Crippen molar-refractivity contribution in [1.29, 1.82) is 0 Å². The first kappa shape index (κ1) is 23.5. The van der Waals surface area contributed by atoms with Crippen LogP contribution in [0.25, 0.3) is 11.8 Å². The van der Waals surface area contributed by atoms with Gasteiger partial charge in [0.1, 0.15) is 0 Å². The minimum atomic E-state index is -0.479. The van der Waals surface area contributed by atoms with E-state index in [2.05, 4.69) is 36.6 Å². The fourth-order valence-corrected chi connectivity index (χ4v) is 4.30. The number of allylic oxidation sites excluding steroid dienone is 1. The van der Waals surface area contributed by atoms with Crippen molar-refractivity contribution in [1.82, 2.24) is 9.47 Å². The summed E-state index contributed by atoms with van der Waals surface area (Å²) in [5.41, 5.74) is 7.73. The fraction of sp³-hybridized carbons (Fsp3) is 0.385. The van der Waals surface area contributed by atoms with Crippen LogP contribution < -0.4 is 0 Å². The molecule has 1 aromatic heterocycles. The normalized spacial score (nSPS) is 15.3. The second-order valence-electron chi connectivity index (χ2n) is 8.14. The van der Waals surface area contributed by atoms with Crippen LogP contribution >= 0.6 is 0 Å². The topological polar surface area (TPSA) is 60.8 Å². The number of nitrogens with zero attached hydrogens (tertiary/aromatic N) is 2. The van der Waals surface area contributed by atoms with Gasteiger partial charge in [-0.3, -0.25) is 4.79 Å². The van der Waals surface area contributed by atoms with Crippen molar-refractivity contribution >= 4 is 18.0 Å². The number of aryl methyl sites for hydroxylation is 3. The predicted molar refractivity (Wildman–Crippen MR) is 126 cm³/mol. The van der Waals surface area contributed by atoms with Gasteiger partial charge in [-0.05, 0) is 70.9 Å². The Morgan fingerprint density at radius 2 is 1.81 bits per heavy atom. The van der Waals surface area contributed by atoms with Crippen LogP contribution in [0, 0.1) is 27.7 Å². The molecule has 1 aliphatic heterocycles. The summed E-state index contributed by atoms with van der Waals surface area (Å²) >= 11 is 0. The molecule has 0 spiro atoms. The van der Waals surface area contributed by atoms with E-state index in [1.165, 1.54) is 11.1 Å². The highest BCUT2D eigenvalue weighted by atomic mass is 16.5. The van der Waals surface area contributed by atoms with Gasteiger partial charge in [0.2, 0.25) is 0 Å². The van der Waals surface area contributed by atoms with Gasteiger partial charge < -0.3 is 18.9 Å². The molecule has 0 radical (unpaired) electrons. The Morgan fingerprint density at radius 3 is 2.44 bits per heavy atom. The largest absolute Gasteiger partial charge is 0.462 e. The average Bonchev–Trinajstić information content (AvgIpc) is 3.13. The molecule has 3 rings (SSSR count). The minimum absolute atomic E-state index is 0.209. The van der Waals surface area contributed by atoms with E-state index in [9.17, 15) is 9.59 Å². The molecule has 0 N–H and O–H groups in total. The first-order chi connectivity index (χ1) is 15.2. The Labute approximate surface area is 190 Å². The maximum Gasteiger partial charge on any atom is 0.340 e. The molecule has 0 bridgehead atoms. The van der Waals surface area contributed by atoms with E-state index in [0.29, 0.717) is 30.0 Å². The highest BCUT2D eigenvalue weighted by Gasteiger charge is 2.37. The summed E-state index contributed by atoms with van der Waals surface area (Å²) in [5.74, 6) is -0.688. The third-order valence-corrected chi connectivity index (χ3v) is 5.87. The highest BCUT2D eigenvalue weighted by molar-refractivity contribution is 6.16. The predicted octanol–water partition coefficient (Wildman–Crippen LogP) is 4.42. The number of carbonyl (C=O) groups excluding carboxylic acids is 2. The number of amides is 1. The Kier molecular flexibility index (Phi) is 7.04. The lowest BCUT2D eigenvalue weighted by molar-refractivity contribution is -0.138. The van der Waals surface area contributed by atoms with Gasteiger partial charge >= 0.3 is 5.97 Å². The van der Waals surface area contributed by atoms with Crippen molar-refractivity contribution in [2.45, 2.75) is 41.5 Å². The molecule has 2 heterocycles. The monoisotopic (exact) mass is 436 g/mol. The molecule has 0 saturated heterocycles. The molecule has 2 aromatic rings. The number of benzene rings is 1. The first-order valence-corrected chi connectivity index (χ1v) is 10.9. The summed E-state index contributed by atoms with van der Waals surface area (Å²) in [5, 5.41) is 0.